The lowest BCUT2D eigenvalue weighted by atomic mass is 10.0. The van der Waals surface area contributed by atoms with Gasteiger partial charge in [0.25, 0.3) is 5.91 Å². The number of rotatable bonds is 5. The van der Waals surface area contributed by atoms with E-state index in [0.29, 0.717) is 36.6 Å². The Morgan fingerprint density at radius 2 is 2.00 bits per heavy atom. The zero-order valence-electron chi connectivity index (χ0n) is 13.0. The molecule has 0 aliphatic heterocycles. The molecule has 0 bridgehead atoms. The number of nitrogens with one attached hydrogen (secondary N) is 1. The van der Waals surface area contributed by atoms with Gasteiger partial charge in [0.1, 0.15) is 16.8 Å². The quantitative estimate of drug-likeness (QED) is 0.259. The molecule has 0 aliphatic carbocycles. The molecule has 0 unspecified atom stereocenters. The summed E-state index contributed by atoms with van der Waals surface area (Å²) in [6.45, 7) is -0.199. The van der Waals surface area contributed by atoms with E-state index in [1.54, 1.807) is 30.3 Å². The highest BCUT2D eigenvalue weighted by Gasteiger charge is 2.20. The fourth-order valence-electron chi connectivity index (χ4n) is 2.10. The summed E-state index contributed by atoms with van der Waals surface area (Å²) < 4.78 is 6.21. The van der Waals surface area contributed by atoms with Crippen LogP contribution in [0, 0.1) is 0 Å². The number of benzene rings is 2. The number of aromatic hydroxyl groups is 1. The van der Waals surface area contributed by atoms with Crippen LogP contribution in [0.25, 0.3) is 0 Å². The Balaban J connectivity index is 2.64. The molecule has 0 spiro atoms. The van der Waals surface area contributed by atoms with Gasteiger partial charge < -0.3 is 9.84 Å². The first kappa shape index (κ1) is 19.7. The lowest BCUT2D eigenvalue weighted by Crippen LogP contribution is -2.32. The van der Waals surface area contributed by atoms with Gasteiger partial charge in [-0.05, 0) is 50.1 Å². The maximum Gasteiger partial charge on any atom is 0.255 e. The molecule has 0 saturated carbocycles. The van der Waals surface area contributed by atoms with Crippen LogP contribution in [0.1, 0.15) is 11.1 Å². The summed E-state index contributed by atoms with van der Waals surface area (Å²) in [6, 6.07) is 8.53. The number of methoxy groups -OCH3 is 1. The second kappa shape index (κ2) is 8.66. The second-order valence-corrected chi connectivity index (χ2v) is 6.92. The Labute approximate surface area is 166 Å². The van der Waals surface area contributed by atoms with E-state index in [-0.39, 0.29) is 12.3 Å². The molecule has 6 nitrogen and oxygen atoms in total. The lowest BCUT2D eigenvalue weighted by Gasteiger charge is -2.14. The van der Waals surface area contributed by atoms with Crippen molar-refractivity contribution in [3.8, 4) is 11.5 Å². The van der Waals surface area contributed by atoms with E-state index >= 15 is 0 Å². The third kappa shape index (κ3) is 4.52. The first-order valence-corrected chi connectivity index (χ1v) is 8.90. The van der Waals surface area contributed by atoms with E-state index in [2.05, 4.69) is 36.9 Å². The maximum atomic E-state index is 11.5. The zero-order valence-corrected chi connectivity index (χ0v) is 16.9. The van der Waals surface area contributed by atoms with Gasteiger partial charge in [0.2, 0.25) is 0 Å². The van der Waals surface area contributed by atoms with Gasteiger partial charge in [-0.3, -0.25) is 15.2 Å². The minimum atomic E-state index is -0.461. The number of phenolic OH excluding ortho intramolecular Hbond substituents is 1. The Morgan fingerprint density at radius 1 is 1.36 bits per heavy atom. The van der Waals surface area contributed by atoms with Crippen molar-refractivity contribution in [3.05, 3.63) is 55.4 Å². The van der Waals surface area contributed by atoms with Crippen LogP contribution in [0.3, 0.4) is 0 Å². The maximum absolute atomic E-state index is 11.5. The van der Waals surface area contributed by atoms with Gasteiger partial charge in [0.15, 0.2) is 5.75 Å². The number of hydrogen-bond acceptors (Lipinski definition) is 5. The van der Waals surface area contributed by atoms with Crippen LogP contribution in [-0.2, 0) is 4.79 Å². The molecule has 2 rings (SSSR count). The molecular formula is C16H14Br2ClN3O3. The molecule has 0 aliphatic rings. The fraction of sp³-hybridized carbons (Fsp3) is 0.125. The van der Waals surface area contributed by atoms with Crippen molar-refractivity contribution in [2.75, 3.05) is 13.7 Å². The van der Waals surface area contributed by atoms with Crippen LogP contribution in [0.2, 0.25) is 5.02 Å². The average Bonchev–Trinajstić information content (AvgIpc) is 2.60. The van der Waals surface area contributed by atoms with Gasteiger partial charge in [-0.1, -0.05) is 23.7 Å². The molecule has 2 aromatic carbocycles. The summed E-state index contributed by atoms with van der Waals surface area (Å²) in [5.41, 5.74) is 3.51. The summed E-state index contributed by atoms with van der Waals surface area (Å²) in [7, 11) is 1.49. The fourth-order valence-corrected chi connectivity index (χ4v) is 3.67. The molecule has 25 heavy (non-hydrogen) atoms. The number of carbonyl (C=O) groups excluding carboxylic acids is 1. The number of amides is 1. The molecule has 1 amide bonds. The number of aliphatic imine (C=N–C) groups is 1. The summed E-state index contributed by atoms with van der Waals surface area (Å²) in [6.07, 6.45) is 0. The van der Waals surface area contributed by atoms with Crippen molar-refractivity contribution in [1.82, 2.24) is 5.43 Å². The van der Waals surface area contributed by atoms with Crippen molar-refractivity contribution in [2.45, 2.75) is 0 Å². The summed E-state index contributed by atoms with van der Waals surface area (Å²) in [5, 5.41) is 11.1. The van der Waals surface area contributed by atoms with E-state index in [0.717, 1.165) is 0 Å². The molecule has 0 atom stereocenters. The van der Waals surface area contributed by atoms with Crippen LogP contribution in [0.15, 0.2) is 44.3 Å². The van der Waals surface area contributed by atoms with Gasteiger partial charge in [0.05, 0.1) is 17.3 Å². The number of nitrogens with two attached hydrogens (primary N) is 1. The SMILES string of the molecule is COc1c(Br)cc(C(=NCC(=O)NN)c2ccc(Cl)cc2)c(O)c1Br. The first-order valence-electron chi connectivity index (χ1n) is 6.94. The van der Waals surface area contributed by atoms with E-state index < -0.39 is 5.91 Å². The Morgan fingerprint density at radius 3 is 2.56 bits per heavy atom. The molecular weight excluding hydrogens is 477 g/mol. The Hall–Kier alpha value is -1.61. The second-order valence-electron chi connectivity index (χ2n) is 4.84. The summed E-state index contributed by atoms with van der Waals surface area (Å²) in [5.74, 6) is 5.02. The molecule has 0 saturated heterocycles. The van der Waals surface area contributed by atoms with E-state index in [4.69, 9.17) is 22.2 Å². The molecule has 0 radical (unpaired) electrons. The summed E-state index contributed by atoms with van der Waals surface area (Å²) >= 11 is 12.6. The normalized spacial score (nSPS) is 11.3. The largest absolute Gasteiger partial charge is 0.506 e. The predicted octanol–water partition coefficient (Wildman–Crippen LogP) is 3.41. The molecule has 132 valence electrons. The van der Waals surface area contributed by atoms with Crippen LogP contribution >= 0.6 is 43.5 Å². The van der Waals surface area contributed by atoms with Crippen LogP contribution in [0.4, 0.5) is 0 Å². The Kier molecular flexibility index (Phi) is 6.83. The third-order valence-electron chi connectivity index (χ3n) is 3.27. The predicted molar refractivity (Wildman–Crippen MR) is 104 cm³/mol. The highest BCUT2D eigenvalue weighted by molar-refractivity contribution is 9.11. The highest BCUT2D eigenvalue weighted by Crippen LogP contribution is 2.42. The standard InChI is InChI=1S/C16H14Br2ClN3O3/c1-25-16-11(17)6-10(15(24)13(16)18)14(21-7-12(23)22-20)8-2-4-9(19)5-3-8/h2-6,24H,7,20H2,1H3,(H,22,23). The van der Waals surface area contributed by atoms with Gasteiger partial charge in [-0.25, -0.2) is 5.84 Å². The van der Waals surface area contributed by atoms with Gasteiger partial charge >= 0.3 is 0 Å². The van der Waals surface area contributed by atoms with Gasteiger partial charge in [0, 0.05) is 16.1 Å². The van der Waals surface area contributed by atoms with Crippen molar-refractivity contribution in [1.29, 1.82) is 0 Å². The van der Waals surface area contributed by atoms with E-state index in [1.165, 1.54) is 7.11 Å². The zero-order chi connectivity index (χ0) is 18.6. The van der Waals surface area contributed by atoms with E-state index in [9.17, 15) is 9.90 Å². The van der Waals surface area contributed by atoms with Crippen molar-refractivity contribution in [2.24, 2.45) is 10.8 Å². The number of phenols is 1. The minimum absolute atomic E-state index is 0.0677. The lowest BCUT2D eigenvalue weighted by molar-refractivity contribution is -0.119. The minimum Gasteiger partial charge on any atom is -0.506 e. The smallest absolute Gasteiger partial charge is 0.255 e. The van der Waals surface area contributed by atoms with Gasteiger partial charge in [-0.15, -0.1) is 0 Å². The number of carbonyl (C=O) groups is 1. The Bertz CT molecular complexity index is 826. The third-order valence-corrected chi connectivity index (χ3v) is 4.85. The summed E-state index contributed by atoms with van der Waals surface area (Å²) in [4.78, 5) is 15.8. The molecule has 0 aromatic heterocycles. The number of halogens is 3. The first-order chi connectivity index (χ1) is 11.9. The highest BCUT2D eigenvalue weighted by atomic mass is 79.9. The molecule has 4 N–H and O–H groups in total. The van der Waals surface area contributed by atoms with Crippen molar-refractivity contribution < 1.29 is 14.6 Å². The van der Waals surface area contributed by atoms with E-state index in [1.807, 2.05) is 5.43 Å². The van der Waals surface area contributed by atoms with Crippen LogP contribution < -0.4 is 16.0 Å². The van der Waals surface area contributed by atoms with Crippen molar-refractivity contribution >= 4 is 55.1 Å². The van der Waals surface area contributed by atoms with Crippen molar-refractivity contribution in [3.63, 3.8) is 0 Å². The molecule has 9 heteroatoms. The monoisotopic (exact) mass is 489 g/mol. The topological polar surface area (TPSA) is 96.9 Å². The molecule has 0 heterocycles. The number of nitrogens with zero attached hydrogens (tertiary/aromatic N) is 1. The number of ether oxygens (including phenoxy) is 1. The molecule has 2 aromatic rings. The number of hydrazine groups is 1. The van der Waals surface area contributed by atoms with Gasteiger partial charge in [-0.2, -0.15) is 0 Å². The average molecular weight is 492 g/mol. The van der Waals surface area contributed by atoms with Crippen LogP contribution in [-0.4, -0.2) is 30.4 Å². The number of hydrogen-bond donors (Lipinski definition) is 3. The molecule has 0 fully saturated rings. The van der Waals surface area contributed by atoms with Crippen LogP contribution in [0.5, 0.6) is 11.5 Å².